The first kappa shape index (κ1) is 9.65. The van der Waals surface area contributed by atoms with Gasteiger partial charge in [-0.3, -0.25) is 9.59 Å². The Kier molecular flexibility index (Phi) is 1.98. The molecule has 1 aromatic rings. The number of hydrogen-bond acceptors (Lipinski definition) is 4. The topological polar surface area (TPSA) is 58.6 Å². The smallest absolute Gasteiger partial charge is 0.259 e. The quantitative estimate of drug-likeness (QED) is 0.722. The van der Waals surface area contributed by atoms with Gasteiger partial charge in [-0.25, -0.2) is 10.4 Å². The van der Waals surface area contributed by atoms with Crippen molar-refractivity contribution >= 4 is 17.9 Å². The lowest BCUT2D eigenvalue weighted by atomic mass is 10.2. The van der Waals surface area contributed by atoms with Crippen molar-refractivity contribution in [1.82, 2.24) is 10.4 Å². The van der Waals surface area contributed by atoms with Crippen LogP contribution in [0.4, 0.5) is 0 Å². The number of amides is 2. The predicted octanol–water partition coefficient (Wildman–Crippen LogP) is 0.807. The summed E-state index contributed by atoms with van der Waals surface area (Å²) in [5.74, 6) is 0.223. The van der Waals surface area contributed by atoms with E-state index >= 15 is 0 Å². The van der Waals surface area contributed by atoms with Crippen molar-refractivity contribution in [3.63, 3.8) is 0 Å². The maximum atomic E-state index is 11.5. The molecule has 5 nitrogen and oxygen atoms in total. The van der Waals surface area contributed by atoms with Crippen molar-refractivity contribution in [2.24, 2.45) is 0 Å². The predicted molar refractivity (Wildman–Crippen MR) is 59.2 cm³/mol. The summed E-state index contributed by atoms with van der Waals surface area (Å²) >= 11 is 0. The fourth-order valence-electron chi connectivity index (χ4n) is 1.72. The van der Waals surface area contributed by atoms with Crippen LogP contribution in [0.25, 0.3) is 6.08 Å². The third-order valence-corrected chi connectivity index (χ3v) is 2.53. The minimum Gasteiger partial charge on any atom is -0.380 e. The van der Waals surface area contributed by atoms with E-state index in [0.717, 1.165) is 10.5 Å². The average molecular weight is 228 g/mol. The van der Waals surface area contributed by atoms with Gasteiger partial charge < -0.3 is 4.84 Å². The summed E-state index contributed by atoms with van der Waals surface area (Å²) in [4.78, 5) is 29.2. The lowest BCUT2D eigenvalue weighted by Gasteiger charge is -2.23. The Morgan fingerprint density at radius 1 is 1.06 bits per heavy atom. The molecule has 2 heterocycles. The molecule has 2 amide bonds. The molecule has 2 aliphatic rings. The van der Waals surface area contributed by atoms with Gasteiger partial charge in [0, 0.05) is 17.7 Å². The second-order valence-electron chi connectivity index (χ2n) is 3.62. The summed E-state index contributed by atoms with van der Waals surface area (Å²) in [5.41, 5.74) is 3.40. The van der Waals surface area contributed by atoms with Crippen LogP contribution in [0.3, 0.4) is 0 Å². The molecule has 0 radical (unpaired) electrons. The van der Waals surface area contributed by atoms with E-state index in [1.807, 2.05) is 18.2 Å². The molecule has 0 fully saturated rings. The number of fused-ring (bicyclic) bond motifs is 1. The molecule has 3 rings (SSSR count). The van der Waals surface area contributed by atoms with Crippen LogP contribution in [-0.4, -0.2) is 16.7 Å². The summed E-state index contributed by atoms with van der Waals surface area (Å²) in [6.07, 6.45) is 4.15. The van der Waals surface area contributed by atoms with Crippen LogP contribution in [0.2, 0.25) is 0 Å². The van der Waals surface area contributed by atoms with Gasteiger partial charge >= 0.3 is 0 Å². The number of hydroxylamine groups is 1. The first-order valence-corrected chi connectivity index (χ1v) is 5.05. The Morgan fingerprint density at radius 3 is 2.53 bits per heavy atom. The first-order chi connectivity index (χ1) is 8.25. The van der Waals surface area contributed by atoms with Crippen LogP contribution in [-0.2, 0) is 9.59 Å². The highest BCUT2D eigenvalue weighted by Crippen LogP contribution is 2.25. The number of para-hydroxylation sites is 1. The number of carbonyl (C=O) groups is 2. The lowest BCUT2D eigenvalue weighted by Crippen LogP contribution is -2.38. The summed E-state index contributed by atoms with van der Waals surface area (Å²) in [7, 11) is 0. The van der Waals surface area contributed by atoms with Crippen LogP contribution in [0, 0.1) is 0 Å². The van der Waals surface area contributed by atoms with E-state index < -0.39 is 0 Å². The molecule has 0 atom stereocenters. The molecule has 17 heavy (non-hydrogen) atoms. The van der Waals surface area contributed by atoms with Gasteiger partial charge in [0.2, 0.25) is 0 Å². The molecule has 0 unspecified atom stereocenters. The first-order valence-electron chi connectivity index (χ1n) is 5.05. The van der Waals surface area contributed by atoms with Gasteiger partial charge in [0.25, 0.3) is 11.8 Å². The number of hydrogen-bond donors (Lipinski definition) is 1. The van der Waals surface area contributed by atoms with E-state index in [1.54, 1.807) is 12.1 Å². The van der Waals surface area contributed by atoms with Crippen LogP contribution in [0.15, 0.2) is 42.2 Å². The van der Waals surface area contributed by atoms with E-state index in [2.05, 4.69) is 5.48 Å². The Labute approximate surface area is 96.9 Å². The van der Waals surface area contributed by atoms with Gasteiger partial charge in [0.05, 0.1) is 0 Å². The number of nitrogens with zero attached hydrogens (tertiary/aromatic N) is 1. The maximum Gasteiger partial charge on any atom is 0.259 e. The van der Waals surface area contributed by atoms with Crippen molar-refractivity contribution < 1.29 is 14.4 Å². The van der Waals surface area contributed by atoms with E-state index in [1.165, 1.54) is 12.2 Å². The zero-order valence-electron chi connectivity index (χ0n) is 8.71. The lowest BCUT2D eigenvalue weighted by molar-refractivity contribution is -0.135. The van der Waals surface area contributed by atoms with Crippen molar-refractivity contribution in [2.75, 3.05) is 0 Å². The molecule has 1 N–H and O–H groups in total. The second kappa shape index (κ2) is 3.48. The number of carbonyl (C=O) groups excluding carboxylic acids is 2. The Balaban J connectivity index is 2.00. The number of rotatable bonds is 1. The molecule has 0 aliphatic carbocycles. The number of imide groups is 1. The third kappa shape index (κ3) is 1.48. The zero-order chi connectivity index (χ0) is 11.8. The van der Waals surface area contributed by atoms with Gasteiger partial charge in [-0.1, -0.05) is 18.2 Å². The Hall–Kier alpha value is -2.56. The molecule has 2 aliphatic heterocycles. The van der Waals surface area contributed by atoms with Gasteiger partial charge in [-0.05, 0) is 12.1 Å². The molecule has 5 heteroatoms. The fourth-order valence-corrected chi connectivity index (χ4v) is 1.72. The van der Waals surface area contributed by atoms with E-state index in [9.17, 15) is 9.59 Å². The van der Waals surface area contributed by atoms with Crippen molar-refractivity contribution in [3.8, 4) is 5.75 Å². The molecule has 0 saturated heterocycles. The normalized spacial score (nSPS) is 17.4. The molecular formula is C12H8N2O3. The highest BCUT2D eigenvalue weighted by molar-refractivity contribution is 6.14. The summed E-state index contributed by atoms with van der Waals surface area (Å²) in [6.45, 7) is 0. The molecule has 1 aromatic carbocycles. The third-order valence-electron chi connectivity index (χ3n) is 2.53. The van der Waals surface area contributed by atoms with Crippen molar-refractivity contribution in [3.05, 3.63) is 47.8 Å². The molecule has 0 saturated carbocycles. The average Bonchev–Trinajstić information content (AvgIpc) is 2.68. The summed E-state index contributed by atoms with van der Waals surface area (Å²) in [6, 6.07) is 7.33. The maximum absolute atomic E-state index is 11.5. The zero-order valence-corrected chi connectivity index (χ0v) is 8.71. The van der Waals surface area contributed by atoms with Gasteiger partial charge in [-0.15, -0.1) is 0 Å². The van der Waals surface area contributed by atoms with Crippen molar-refractivity contribution in [1.29, 1.82) is 0 Å². The van der Waals surface area contributed by atoms with E-state index in [0.29, 0.717) is 11.6 Å². The molecule has 0 aromatic heterocycles. The summed E-state index contributed by atoms with van der Waals surface area (Å²) < 4.78 is 0. The SMILES string of the molecule is O=C1C=CC(=O)N1C1=Cc2ccccc2ON1. The number of nitrogens with one attached hydrogen (secondary N) is 1. The Morgan fingerprint density at radius 2 is 1.76 bits per heavy atom. The van der Waals surface area contributed by atoms with Gasteiger partial charge in [0.15, 0.2) is 11.6 Å². The van der Waals surface area contributed by atoms with Crippen LogP contribution >= 0.6 is 0 Å². The largest absolute Gasteiger partial charge is 0.380 e. The monoisotopic (exact) mass is 228 g/mol. The molecule has 0 bridgehead atoms. The van der Waals surface area contributed by atoms with E-state index in [-0.39, 0.29) is 11.8 Å². The fraction of sp³-hybridized carbons (Fsp3) is 0. The van der Waals surface area contributed by atoms with Gasteiger partial charge in [-0.2, -0.15) is 0 Å². The summed E-state index contributed by atoms with van der Waals surface area (Å²) in [5, 5.41) is 0. The highest BCUT2D eigenvalue weighted by atomic mass is 16.6. The van der Waals surface area contributed by atoms with Gasteiger partial charge in [0.1, 0.15) is 0 Å². The van der Waals surface area contributed by atoms with Crippen LogP contribution in [0.1, 0.15) is 5.56 Å². The Bertz CT molecular complexity index is 557. The standard InChI is InChI=1S/C12H8N2O3/c15-11-5-6-12(16)14(11)10-7-8-3-1-2-4-9(8)17-13-10/h1-7,13H. The second-order valence-corrected chi connectivity index (χ2v) is 3.62. The minimum atomic E-state index is -0.378. The molecule has 0 spiro atoms. The van der Waals surface area contributed by atoms with E-state index in [4.69, 9.17) is 4.84 Å². The van der Waals surface area contributed by atoms with Crippen LogP contribution < -0.4 is 10.3 Å². The van der Waals surface area contributed by atoms with Crippen LogP contribution in [0.5, 0.6) is 5.75 Å². The molecular weight excluding hydrogens is 220 g/mol. The minimum absolute atomic E-state index is 0.323. The van der Waals surface area contributed by atoms with Crippen molar-refractivity contribution in [2.45, 2.75) is 0 Å². The highest BCUT2D eigenvalue weighted by Gasteiger charge is 2.29. The molecule has 84 valence electrons. The number of benzene rings is 1.